The Labute approximate surface area is 106 Å². The molecule has 0 aliphatic carbocycles. The Hall–Kier alpha value is -2.29. The highest BCUT2D eigenvalue weighted by Crippen LogP contribution is 2.20. The van der Waals surface area contributed by atoms with Crippen molar-refractivity contribution in [1.82, 2.24) is 0 Å². The normalized spacial score (nSPS) is 11.8. The molecule has 0 aromatic heterocycles. The third-order valence-electron chi connectivity index (χ3n) is 2.74. The van der Waals surface area contributed by atoms with Crippen molar-refractivity contribution in [2.45, 2.75) is 13.0 Å². The fourth-order valence-corrected chi connectivity index (χ4v) is 1.75. The molecule has 3 heteroatoms. The Morgan fingerprint density at radius 2 is 1.67 bits per heavy atom. The summed E-state index contributed by atoms with van der Waals surface area (Å²) in [6.07, 6.45) is 0. The minimum atomic E-state index is -0.887. The van der Waals surface area contributed by atoms with Crippen molar-refractivity contribution >= 4 is 11.7 Å². The summed E-state index contributed by atoms with van der Waals surface area (Å²) in [5, 5.41) is 12.3. The van der Waals surface area contributed by atoms with Crippen LogP contribution in [0.25, 0.3) is 0 Å². The van der Waals surface area contributed by atoms with Crippen LogP contribution in [0.2, 0.25) is 0 Å². The number of carboxylic acids is 1. The molecule has 2 N–H and O–H groups in total. The molecule has 0 radical (unpaired) electrons. The van der Waals surface area contributed by atoms with Gasteiger partial charge in [0.2, 0.25) is 0 Å². The molecule has 2 aromatic rings. The van der Waals surface area contributed by atoms with E-state index in [1.54, 1.807) is 12.1 Å². The number of carbonyl (C=O) groups is 1. The maximum Gasteiger partial charge on any atom is 0.330 e. The number of hydrogen-bond acceptors (Lipinski definition) is 2. The number of anilines is 1. The number of aryl methyl sites for hydroxylation is 1. The quantitative estimate of drug-likeness (QED) is 0.864. The zero-order valence-electron chi connectivity index (χ0n) is 10.1. The smallest absolute Gasteiger partial charge is 0.330 e. The second kappa shape index (κ2) is 5.36. The lowest BCUT2D eigenvalue weighted by Crippen LogP contribution is -2.20. The van der Waals surface area contributed by atoms with Gasteiger partial charge in [0.25, 0.3) is 0 Å². The molecule has 92 valence electrons. The highest BCUT2D eigenvalue weighted by atomic mass is 16.4. The summed E-state index contributed by atoms with van der Waals surface area (Å²) >= 11 is 0. The molecule has 0 saturated heterocycles. The van der Waals surface area contributed by atoms with Crippen LogP contribution in [0.4, 0.5) is 5.69 Å². The summed E-state index contributed by atoms with van der Waals surface area (Å²) in [5.41, 5.74) is 2.69. The maximum atomic E-state index is 11.3. The number of nitrogens with one attached hydrogen (secondary N) is 1. The number of aliphatic carboxylic acids is 1. The molecule has 0 amide bonds. The minimum absolute atomic E-state index is 0.728. The number of hydrogen-bond donors (Lipinski definition) is 2. The van der Waals surface area contributed by atoms with E-state index in [0.717, 1.165) is 16.8 Å². The Morgan fingerprint density at radius 1 is 1.06 bits per heavy atom. The van der Waals surface area contributed by atoms with Gasteiger partial charge < -0.3 is 10.4 Å². The zero-order chi connectivity index (χ0) is 13.0. The number of carboxylic acid groups (broad SMARTS) is 1. The number of rotatable bonds is 4. The summed E-state index contributed by atoms with van der Waals surface area (Å²) in [6, 6.07) is 16.1. The van der Waals surface area contributed by atoms with Crippen molar-refractivity contribution in [2.24, 2.45) is 0 Å². The van der Waals surface area contributed by atoms with E-state index in [1.165, 1.54) is 0 Å². The highest BCUT2D eigenvalue weighted by Gasteiger charge is 2.18. The molecule has 2 aromatic carbocycles. The summed E-state index contributed by atoms with van der Waals surface area (Å²) in [7, 11) is 0. The van der Waals surface area contributed by atoms with Crippen LogP contribution in [0.5, 0.6) is 0 Å². The first-order valence-corrected chi connectivity index (χ1v) is 5.78. The van der Waals surface area contributed by atoms with Gasteiger partial charge in [-0.05, 0) is 24.6 Å². The Kier molecular flexibility index (Phi) is 3.63. The van der Waals surface area contributed by atoms with E-state index in [2.05, 4.69) is 5.32 Å². The first kappa shape index (κ1) is 12.2. The third-order valence-corrected chi connectivity index (χ3v) is 2.74. The van der Waals surface area contributed by atoms with Gasteiger partial charge in [0.15, 0.2) is 6.04 Å². The van der Waals surface area contributed by atoms with Gasteiger partial charge in [-0.3, -0.25) is 0 Å². The molecule has 0 saturated carbocycles. The lowest BCUT2D eigenvalue weighted by atomic mass is 10.1. The van der Waals surface area contributed by atoms with Gasteiger partial charge in [-0.15, -0.1) is 0 Å². The summed E-state index contributed by atoms with van der Waals surface area (Å²) in [6.45, 7) is 2.00. The molecule has 0 aliphatic rings. The van der Waals surface area contributed by atoms with Gasteiger partial charge >= 0.3 is 5.97 Å². The monoisotopic (exact) mass is 241 g/mol. The summed E-state index contributed by atoms with van der Waals surface area (Å²) < 4.78 is 0. The van der Waals surface area contributed by atoms with Crippen LogP contribution in [-0.2, 0) is 4.79 Å². The molecule has 0 unspecified atom stereocenters. The molecule has 0 aliphatic heterocycles. The molecule has 3 nitrogen and oxygen atoms in total. The zero-order valence-corrected chi connectivity index (χ0v) is 10.1. The van der Waals surface area contributed by atoms with Crippen LogP contribution in [0.1, 0.15) is 17.2 Å². The third kappa shape index (κ3) is 2.88. The van der Waals surface area contributed by atoms with Crippen molar-refractivity contribution in [3.63, 3.8) is 0 Å². The average molecular weight is 241 g/mol. The van der Waals surface area contributed by atoms with E-state index in [9.17, 15) is 9.90 Å². The molecule has 0 bridgehead atoms. The van der Waals surface area contributed by atoms with Crippen molar-refractivity contribution in [3.8, 4) is 0 Å². The summed E-state index contributed by atoms with van der Waals surface area (Å²) in [5.74, 6) is -0.887. The maximum absolute atomic E-state index is 11.3. The molecule has 18 heavy (non-hydrogen) atoms. The second-order valence-electron chi connectivity index (χ2n) is 4.19. The van der Waals surface area contributed by atoms with Crippen LogP contribution < -0.4 is 5.32 Å². The second-order valence-corrected chi connectivity index (χ2v) is 4.19. The van der Waals surface area contributed by atoms with Crippen LogP contribution >= 0.6 is 0 Å². The van der Waals surface area contributed by atoms with Gasteiger partial charge in [-0.25, -0.2) is 4.79 Å². The molecule has 1 atom stereocenters. The van der Waals surface area contributed by atoms with Crippen molar-refractivity contribution in [1.29, 1.82) is 0 Å². The predicted molar refractivity (Wildman–Crippen MR) is 71.6 cm³/mol. The first-order valence-electron chi connectivity index (χ1n) is 5.78. The van der Waals surface area contributed by atoms with Gasteiger partial charge in [-0.1, -0.05) is 48.0 Å². The molecule has 0 spiro atoms. The molecular weight excluding hydrogens is 226 g/mol. The van der Waals surface area contributed by atoms with E-state index in [4.69, 9.17) is 0 Å². The van der Waals surface area contributed by atoms with Gasteiger partial charge in [0.1, 0.15) is 0 Å². The lowest BCUT2D eigenvalue weighted by Gasteiger charge is -2.16. The van der Waals surface area contributed by atoms with Crippen LogP contribution in [-0.4, -0.2) is 11.1 Å². The first-order chi connectivity index (χ1) is 8.66. The lowest BCUT2D eigenvalue weighted by molar-refractivity contribution is -0.138. The van der Waals surface area contributed by atoms with Crippen LogP contribution in [0.15, 0.2) is 54.6 Å². The Morgan fingerprint density at radius 3 is 2.22 bits per heavy atom. The number of benzene rings is 2. The SMILES string of the molecule is Cc1ccc(N[C@@H](C(=O)O)c2ccccc2)cc1. The fraction of sp³-hybridized carbons (Fsp3) is 0.133. The van der Waals surface area contributed by atoms with E-state index in [1.807, 2.05) is 49.4 Å². The summed E-state index contributed by atoms with van der Waals surface area (Å²) in [4.78, 5) is 11.3. The average Bonchev–Trinajstić information content (AvgIpc) is 2.38. The highest BCUT2D eigenvalue weighted by molar-refractivity contribution is 5.79. The molecule has 0 heterocycles. The van der Waals surface area contributed by atoms with Gasteiger partial charge in [0, 0.05) is 5.69 Å². The minimum Gasteiger partial charge on any atom is -0.479 e. The molecule has 0 fully saturated rings. The fourth-order valence-electron chi connectivity index (χ4n) is 1.75. The van der Waals surface area contributed by atoms with Crippen molar-refractivity contribution < 1.29 is 9.90 Å². The van der Waals surface area contributed by atoms with Crippen LogP contribution in [0.3, 0.4) is 0 Å². The van der Waals surface area contributed by atoms with E-state index in [-0.39, 0.29) is 0 Å². The van der Waals surface area contributed by atoms with Crippen LogP contribution in [0, 0.1) is 6.92 Å². The topological polar surface area (TPSA) is 49.3 Å². The van der Waals surface area contributed by atoms with Gasteiger partial charge in [-0.2, -0.15) is 0 Å². The molecule has 2 rings (SSSR count). The standard InChI is InChI=1S/C15H15NO2/c1-11-7-9-13(10-8-11)16-14(15(17)18)12-5-3-2-4-6-12/h2-10,14,16H,1H3,(H,17,18)/t14-/m1/s1. The predicted octanol–water partition coefficient (Wildman–Crippen LogP) is 3.23. The largest absolute Gasteiger partial charge is 0.479 e. The van der Waals surface area contributed by atoms with Crippen molar-refractivity contribution in [3.05, 3.63) is 65.7 Å². The Balaban J connectivity index is 2.22. The van der Waals surface area contributed by atoms with Crippen molar-refractivity contribution in [2.75, 3.05) is 5.32 Å². The van der Waals surface area contributed by atoms with E-state index in [0.29, 0.717) is 0 Å². The van der Waals surface area contributed by atoms with E-state index < -0.39 is 12.0 Å². The Bertz CT molecular complexity index is 520. The van der Waals surface area contributed by atoms with Gasteiger partial charge in [0.05, 0.1) is 0 Å². The molecular formula is C15H15NO2. The van der Waals surface area contributed by atoms with E-state index >= 15 is 0 Å².